The fraction of sp³-hybridized carbons (Fsp3) is 0.929. The van der Waals surface area contributed by atoms with E-state index in [1.165, 1.54) is 0 Å². The maximum Gasteiger partial charge on any atom is 0.309 e. The lowest BCUT2D eigenvalue weighted by Crippen LogP contribution is -2.31. The minimum Gasteiger partial charge on any atom is -0.465 e. The summed E-state index contributed by atoms with van der Waals surface area (Å²) in [5.74, 6) is -0.0629. The van der Waals surface area contributed by atoms with Crippen molar-refractivity contribution in [3.63, 3.8) is 0 Å². The molecule has 1 rings (SSSR count). The standard InChI is InChI=1S/C14H28N2O9/c1-10(2)23-8-11-7-13(11)14(17)22-6-4-3-5-12(25-16(20)21)9-24-15(18)19/h10-13,18-21H,3-9H2,1-2H3/t11-,12+,13+/m0/s1. The van der Waals surface area contributed by atoms with Crippen LogP contribution in [0.5, 0.6) is 0 Å². The zero-order valence-corrected chi connectivity index (χ0v) is 14.5. The van der Waals surface area contributed by atoms with Crippen LogP contribution in [0.25, 0.3) is 0 Å². The van der Waals surface area contributed by atoms with E-state index in [2.05, 4.69) is 9.68 Å². The number of rotatable bonds is 14. The lowest BCUT2D eigenvalue weighted by molar-refractivity contribution is -0.527. The second-order valence-electron chi connectivity index (χ2n) is 6.18. The third-order valence-corrected chi connectivity index (χ3v) is 3.65. The van der Waals surface area contributed by atoms with Crippen LogP contribution in [0.4, 0.5) is 0 Å². The Hall–Kier alpha value is -0.890. The van der Waals surface area contributed by atoms with Gasteiger partial charge in [-0.1, -0.05) is 0 Å². The van der Waals surface area contributed by atoms with Gasteiger partial charge in [0, 0.05) is 0 Å². The number of hydrogen-bond acceptors (Lipinski definition) is 11. The van der Waals surface area contributed by atoms with E-state index in [9.17, 15) is 4.79 Å². The molecule has 25 heavy (non-hydrogen) atoms. The van der Waals surface area contributed by atoms with Crippen LogP contribution in [-0.4, -0.2) is 69.6 Å². The van der Waals surface area contributed by atoms with Crippen LogP contribution < -0.4 is 0 Å². The maximum atomic E-state index is 11.8. The summed E-state index contributed by atoms with van der Waals surface area (Å²) in [6, 6.07) is 0. The molecule has 0 aliphatic heterocycles. The van der Waals surface area contributed by atoms with Gasteiger partial charge in [0.05, 0.1) is 36.0 Å². The minimum absolute atomic E-state index is 0.0827. The SMILES string of the molecule is CC(C)OC[C@@H]1C[C@H]1C(=O)OCCCC[C@H](CON(O)O)ON(O)O. The monoisotopic (exact) mass is 368 g/mol. The highest BCUT2D eigenvalue weighted by Gasteiger charge is 2.44. The Labute approximate surface area is 146 Å². The molecule has 11 nitrogen and oxygen atoms in total. The van der Waals surface area contributed by atoms with Crippen LogP contribution >= 0.6 is 0 Å². The number of nitrogens with zero attached hydrogens (tertiary/aromatic N) is 2. The van der Waals surface area contributed by atoms with Crippen molar-refractivity contribution in [1.29, 1.82) is 0 Å². The Morgan fingerprint density at radius 1 is 1.16 bits per heavy atom. The molecule has 0 aromatic carbocycles. The van der Waals surface area contributed by atoms with Gasteiger partial charge in [0.25, 0.3) is 0 Å². The summed E-state index contributed by atoms with van der Waals surface area (Å²) in [5.41, 5.74) is 0. The largest absolute Gasteiger partial charge is 0.465 e. The highest BCUT2D eigenvalue weighted by atomic mass is 17.1. The Balaban J connectivity index is 2.10. The van der Waals surface area contributed by atoms with E-state index in [0.717, 1.165) is 6.42 Å². The van der Waals surface area contributed by atoms with Gasteiger partial charge in [-0.15, -0.1) is 0 Å². The predicted octanol–water partition coefficient (Wildman–Crippen LogP) is 1.15. The molecule has 1 saturated carbocycles. The van der Waals surface area contributed by atoms with Gasteiger partial charge in [-0.2, -0.15) is 0 Å². The van der Waals surface area contributed by atoms with E-state index < -0.39 is 16.9 Å². The highest BCUT2D eigenvalue weighted by molar-refractivity contribution is 5.75. The summed E-state index contributed by atoms with van der Waals surface area (Å²) in [6.07, 6.45) is 1.51. The van der Waals surface area contributed by atoms with Crippen molar-refractivity contribution in [2.45, 2.75) is 51.7 Å². The average Bonchev–Trinajstić information content (AvgIpc) is 3.29. The molecular formula is C14H28N2O9. The first-order valence-corrected chi connectivity index (χ1v) is 8.23. The number of ether oxygens (including phenoxy) is 2. The van der Waals surface area contributed by atoms with Gasteiger partial charge in [-0.3, -0.25) is 25.6 Å². The van der Waals surface area contributed by atoms with Crippen molar-refractivity contribution in [2.75, 3.05) is 19.8 Å². The van der Waals surface area contributed by atoms with E-state index in [-0.39, 0.29) is 37.1 Å². The number of unbranched alkanes of at least 4 members (excludes halogenated alkanes) is 1. The molecule has 0 aromatic rings. The molecule has 0 heterocycles. The lowest BCUT2D eigenvalue weighted by Gasteiger charge is -2.18. The van der Waals surface area contributed by atoms with E-state index in [0.29, 0.717) is 25.9 Å². The van der Waals surface area contributed by atoms with Crippen LogP contribution in [0.15, 0.2) is 0 Å². The molecule has 0 radical (unpaired) electrons. The fourth-order valence-electron chi connectivity index (χ4n) is 2.24. The molecule has 0 amide bonds. The Kier molecular flexibility index (Phi) is 10.3. The first-order chi connectivity index (χ1) is 11.8. The molecule has 148 valence electrons. The van der Waals surface area contributed by atoms with Gasteiger partial charge in [0.1, 0.15) is 12.7 Å². The van der Waals surface area contributed by atoms with Crippen LogP contribution in [0.3, 0.4) is 0 Å². The van der Waals surface area contributed by atoms with Crippen LogP contribution in [0.2, 0.25) is 0 Å². The summed E-state index contributed by atoms with van der Waals surface area (Å²) in [5, 5.41) is 33.2. The molecule has 1 aliphatic carbocycles. The normalized spacial score (nSPS) is 21.2. The summed E-state index contributed by atoms with van der Waals surface area (Å²) in [6.45, 7) is 4.40. The van der Waals surface area contributed by atoms with Crippen LogP contribution in [0.1, 0.15) is 39.5 Å². The zero-order valence-electron chi connectivity index (χ0n) is 14.5. The van der Waals surface area contributed by atoms with E-state index in [1.807, 2.05) is 13.8 Å². The summed E-state index contributed by atoms with van der Waals surface area (Å²) in [4.78, 5) is 20.8. The second-order valence-corrected chi connectivity index (χ2v) is 6.18. The van der Waals surface area contributed by atoms with Gasteiger partial charge in [-0.25, -0.2) is 9.68 Å². The Bertz CT molecular complexity index is 381. The Morgan fingerprint density at radius 2 is 1.88 bits per heavy atom. The van der Waals surface area contributed by atoms with Crippen molar-refractivity contribution in [3.05, 3.63) is 0 Å². The minimum atomic E-state index is -0.825. The molecule has 1 fully saturated rings. The summed E-state index contributed by atoms with van der Waals surface area (Å²) < 4.78 is 10.7. The first kappa shape index (κ1) is 22.2. The molecular weight excluding hydrogens is 340 g/mol. The molecule has 3 atom stereocenters. The molecule has 1 aliphatic rings. The third kappa shape index (κ3) is 10.6. The molecule has 11 heteroatoms. The van der Waals surface area contributed by atoms with E-state index in [4.69, 9.17) is 30.3 Å². The van der Waals surface area contributed by atoms with Gasteiger partial charge in [0.2, 0.25) is 0 Å². The van der Waals surface area contributed by atoms with Crippen molar-refractivity contribution in [2.24, 2.45) is 11.8 Å². The van der Waals surface area contributed by atoms with Gasteiger partial charge >= 0.3 is 5.97 Å². The molecule has 0 aromatic heterocycles. The maximum absolute atomic E-state index is 11.8. The molecule has 0 saturated heterocycles. The molecule has 4 N–H and O–H groups in total. The van der Waals surface area contributed by atoms with E-state index >= 15 is 0 Å². The quantitative estimate of drug-likeness (QED) is 0.199. The molecule has 0 bridgehead atoms. The third-order valence-electron chi connectivity index (χ3n) is 3.65. The summed E-state index contributed by atoms with van der Waals surface area (Å²) >= 11 is 0. The van der Waals surface area contributed by atoms with Gasteiger partial charge < -0.3 is 9.47 Å². The highest BCUT2D eigenvalue weighted by Crippen LogP contribution is 2.39. The topological polar surface area (TPSA) is 141 Å². The van der Waals surface area contributed by atoms with Crippen molar-refractivity contribution < 1.29 is 44.8 Å². The smallest absolute Gasteiger partial charge is 0.309 e. The predicted molar refractivity (Wildman–Crippen MR) is 79.1 cm³/mol. The Morgan fingerprint density at radius 3 is 2.48 bits per heavy atom. The fourth-order valence-corrected chi connectivity index (χ4v) is 2.24. The van der Waals surface area contributed by atoms with Gasteiger partial charge in [0.15, 0.2) is 0 Å². The lowest BCUT2D eigenvalue weighted by atomic mass is 10.2. The van der Waals surface area contributed by atoms with Crippen molar-refractivity contribution >= 4 is 5.97 Å². The number of esters is 1. The second kappa shape index (κ2) is 11.7. The van der Waals surface area contributed by atoms with Gasteiger partial charge in [-0.05, 0) is 45.4 Å². The summed E-state index contributed by atoms with van der Waals surface area (Å²) in [7, 11) is 0. The van der Waals surface area contributed by atoms with Crippen LogP contribution in [0, 0.1) is 11.8 Å². The zero-order chi connectivity index (χ0) is 18.8. The van der Waals surface area contributed by atoms with Crippen molar-refractivity contribution in [3.8, 4) is 0 Å². The van der Waals surface area contributed by atoms with Crippen molar-refractivity contribution in [1.82, 2.24) is 10.8 Å². The average molecular weight is 368 g/mol. The first-order valence-electron chi connectivity index (χ1n) is 8.23. The van der Waals surface area contributed by atoms with Crippen LogP contribution in [-0.2, 0) is 23.9 Å². The van der Waals surface area contributed by atoms with E-state index in [1.54, 1.807) is 0 Å². The number of carbonyl (C=O) groups excluding carboxylic acids is 1. The number of hydrogen-bond donors (Lipinski definition) is 4. The molecule has 0 unspecified atom stereocenters. The number of carbonyl (C=O) groups is 1. The molecule has 0 spiro atoms.